The molecular weight excluding hydrogens is 268 g/mol. The lowest BCUT2D eigenvalue weighted by Gasteiger charge is -2.27. The zero-order chi connectivity index (χ0) is 15.5. The quantitative estimate of drug-likeness (QED) is 0.505. The summed E-state index contributed by atoms with van der Waals surface area (Å²) in [7, 11) is 0. The number of benzene rings is 1. The first-order valence-corrected chi connectivity index (χ1v) is 7.51. The van der Waals surface area contributed by atoms with Crippen LogP contribution in [0.25, 0.3) is 0 Å². The summed E-state index contributed by atoms with van der Waals surface area (Å²) >= 11 is 0. The number of carboxylic acids is 1. The third-order valence-electron chi connectivity index (χ3n) is 4.27. The van der Waals surface area contributed by atoms with E-state index in [-0.39, 0.29) is 5.56 Å². The molecule has 0 unspecified atom stereocenters. The topological polar surface area (TPSA) is 95.6 Å². The molecule has 0 saturated heterocycles. The third kappa shape index (κ3) is 3.88. The van der Waals surface area contributed by atoms with E-state index in [1.54, 1.807) is 6.92 Å². The maximum atomic E-state index is 11.2. The van der Waals surface area contributed by atoms with Crippen LogP contribution in [-0.4, -0.2) is 28.3 Å². The molecule has 1 aromatic carbocycles. The highest BCUT2D eigenvalue weighted by atomic mass is 16.4. The summed E-state index contributed by atoms with van der Waals surface area (Å²) in [5.41, 5.74) is 6.89. The van der Waals surface area contributed by atoms with Gasteiger partial charge in [0, 0.05) is 17.9 Å². The number of hydrogen-bond donors (Lipinski definition) is 4. The van der Waals surface area contributed by atoms with Crippen molar-refractivity contribution in [1.29, 1.82) is 0 Å². The number of nitrogens with one attached hydrogen (secondary N) is 1. The summed E-state index contributed by atoms with van der Waals surface area (Å²) in [6, 6.07) is 3.35. The molecule has 5 N–H and O–H groups in total. The minimum absolute atomic E-state index is 0.102. The van der Waals surface area contributed by atoms with E-state index in [9.17, 15) is 9.90 Å². The van der Waals surface area contributed by atoms with Gasteiger partial charge in [-0.05, 0) is 37.5 Å². The van der Waals surface area contributed by atoms with Gasteiger partial charge in [-0.1, -0.05) is 25.7 Å². The van der Waals surface area contributed by atoms with E-state index in [0.29, 0.717) is 17.9 Å². The predicted octanol–water partition coefficient (Wildman–Crippen LogP) is 2.77. The summed E-state index contributed by atoms with van der Waals surface area (Å²) in [5.74, 6) is -1.03. The van der Waals surface area contributed by atoms with Gasteiger partial charge in [0.2, 0.25) is 0 Å². The van der Waals surface area contributed by atoms with E-state index >= 15 is 0 Å². The fraction of sp³-hybridized carbons (Fsp3) is 0.562. The molecule has 2 rings (SSSR count). The molecule has 0 heterocycles. The number of aliphatic hydroxyl groups is 1. The molecule has 0 bridgehead atoms. The molecule has 1 saturated carbocycles. The number of nitrogen functional groups attached to an aromatic ring is 1. The van der Waals surface area contributed by atoms with Crippen LogP contribution in [0.2, 0.25) is 0 Å². The molecule has 0 amide bonds. The summed E-state index contributed by atoms with van der Waals surface area (Å²) in [4.78, 5) is 11.2. The molecule has 1 fully saturated rings. The minimum atomic E-state index is -1.03. The van der Waals surface area contributed by atoms with E-state index in [0.717, 1.165) is 31.2 Å². The van der Waals surface area contributed by atoms with Crippen molar-refractivity contribution in [2.45, 2.75) is 51.0 Å². The average molecular weight is 292 g/mol. The molecule has 0 radical (unpaired) electrons. The molecule has 0 aliphatic heterocycles. The van der Waals surface area contributed by atoms with Gasteiger partial charge in [0.15, 0.2) is 0 Å². The molecule has 1 aromatic rings. The van der Waals surface area contributed by atoms with Gasteiger partial charge in [0.1, 0.15) is 0 Å². The van der Waals surface area contributed by atoms with Gasteiger partial charge in [-0.2, -0.15) is 0 Å². The summed E-state index contributed by atoms with van der Waals surface area (Å²) < 4.78 is 0. The highest BCUT2D eigenvalue weighted by Gasteiger charge is 2.27. The van der Waals surface area contributed by atoms with Crippen LogP contribution in [0.1, 0.15) is 54.4 Å². The number of rotatable bonds is 4. The first-order chi connectivity index (χ1) is 9.91. The molecular formula is C16H24N2O3. The van der Waals surface area contributed by atoms with E-state index in [1.807, 2.05) is 6.07 Å². The number of anilines is 2. The summed E-state index contributed by atoms with van der Waals surface area (Å²) in [6.45, 7) is 2.22. The van der Waals surface area contributed by atoms with Crippen LogP contribution in [0.15, 0.2) is 12.1 Å². The van der Waals surface area contributed by atoms with E-state index in [2.05, 4.69) is 5.32 Å². The lowest BCUT2D eigenvalue weighted by Crippen LogP contribution is -2.36. The minimum Gasteiger partial charge on any atom is -0.478 e. The Bertz CT molecular complexity index is 520. The second-order valence-electron chi connectivity index (χ2n) is 6.05. The van der Waals surface area contributed by atoms with Crippen LogP contribution < -0.4 is 11.1 Å². The van der Waals surface area contributed by atoms with Crippen LogP contribution in [-0.2, 0) is 0 Å². The third-order valence-corrected chi connectivity index (χ3v) is 4.27. The molecule has 0 spiro atoms. The molecule has 1 aliphatic carbocycles. The predicted molar refractivity (Wildman–Crippen MR) is 83.7 cm³/mol. The monoisotopic (exact) mass is 292 g/mol. The second kappa shape index (κ2) is 6.35. The number of carboxylic acid groups (broad SMARTS) is 1. The molecule has 0 atom stereocenters. The zero-order valence-electron chi connectivity index (χ0n) is 12.5. The normalized spacial score (nSPS) is 18.0. The van der Waals surface area contributed by atoms with Gasteiger partial charge in [-0.3, -0.25) is 0 Å². The highest BCUT2D eigenvalue weighted by molar-refractivity contribution is 5.95. The fourth-order valence-electron chi connectivity index (χ4n) is 2.91. The Kier molecular flexibility index (Phi) is 4.73. The van der Waals surface area contributed by atoms with Crippen LogP contribution in [0.3, 0.4) is 0 Å². The Balaban J connectivity index is 2.11. The Morgan fingerprint density at radius 2 is 1.90 bits per heavy atom. The first kappa shape index (κ1) is 15.6. The molecule has 5 nitrogen and oxygen atoms in total. The van der Waals surface area contributed by atoms with Crippen molar-refractivity contribution in [3.63, 3.8) is 0 Å². The van der Waals surface area contributed by atoms with Crippen molar-refractivity contribution < 1.29 is 15.0 Å². The summed E-state index contributed by atoms with van der Waals surface area (Å²) in [5, 5.41) is 23.0. The van der Waals surface area contributed by atoms with Crippen molar-refractivity contribution in [2.24, 2.45) is 0 Å². The van der Waals surface area contributed by atoms with Gasteiger partial charge >= 0.3 is 5.97 Å². The fourth-order valence-corrected chi connectivity index (χ4v) is 2.91. The standard InChI is InChI=1S/C16H24N2O3/c1-11-8-12(9-13(14(11)17)15(19)20)18-10-16(21)6-4-2-3-5-7-16/h8-9,18,21H,2-7,10,17H2,1H3,(H,19,20). The van der Waals surface area contributed by atoms with E-state index in [4.69, 9.17) is 10.8 Å². The van der Waals surface area contributed by atoms with Crippen molar-refractivity contribution in [3.8, 4) is 0 Å². The van der Waals surface area contributed by atoms with Crippen molar-refractivity contribution >= 4 is 17.3 Å². The van der Waals surface area contributed by atoms with Crippen LogP contribution >= 0.6 is 0 Å². The molecule has 5 heteroatoms. The Labute approximate surface area is 125 Å². The average Bonchev–Trinajstić information content (AvgIpc) is 2.65. The number of nitrogens with two attached hydrogens (primary N) is 1. The second-order valence-corrected chi connectivity index (χ2v) is 6.05. The SMILES string of the molecule is Cc1cc(NCC2(O)CCCCCC2)cc(C(=O)O)c1N. The molecule has 0 aromatic heterocycles. The van der Waals surface area contributed by atoms with Gasteiger partial charge < -0.3 is 21.3 Å². The highest BCUT2D eigenvalue weighted by Crippen LogP contribution is 2.28. The van der Waals surface area contributed by atoms with Gasteiger partial charge in [0.05, 0.1) is 11.2 Å². The van der Waals surface area contributed by atoms with Crippen molar-refractivity contribution in [3.05, 3.63) is 23.3 Å². The Hall–Kier alpha value is -1.75. The largest absolute Gasteiger partial charge is 0.478 e. The van der Waals surface area contributed by atoms with E-state index in [1.165, 1.54) is 18.9 Å². The number of carbonyl (C=O) groups is 1. The van der Waals surface area contributed by atoms with Crippen LogP contribution in [0.4, 0.5) is 11.4 Å². The number of aryl methyl sites for hydroxylation is 1. The van der Waals surface area contributed by atoms with Crippen LogP contribution in [0, 0.1) is 6.92 Å². The van der Waals surface area contributed by atoms with Crippen molar-refractivity contribution in [1.82, 2.24) is 0 Å². The Morgan fingerprint density at radius 3 is 2.48 bits per heavy atom. The number of hydrogen-bond acceptors (Lipinski definition) is 4. The summed E-state index contributed by atoms with van der Waals surface area (Å²) in [6.07, 6.45) is 6.01. The molecule has 116 valence electrons. The Morgan fingerprint density at radius 1 is 1.29 bits per heavy atom. The number of aromatic carboxylic acids is 1. The zero-order valence-corrected chi connectivity index (χ0v) is 12.5. The lowest BCUT2D eigenvalue weighted by molar-refractivity contribution is 0.0381. The van der Waals surface area contributed by atoms with Crippen molar-refractivity contribution in [2.75, 3.05) is 17.6 Å². The smallest absolute Gasteiger partial charge is 0.337 e. The van der Waals surface area contributed by atoms with Crippen LogP contribution in [0.5, 0.6) is 0 Å². The van der Waals surface area contributed by atoms with E-state index < -0.39 is 11.6 Å². The maximum Gasteiger partial charge on any atom is 0.337 e. The molecule has 1 aliphatic rings. The first-order valence-electron chi connectivity index (χ1n) is 7.51. The molecule has 21 heavy (non-hydrogen) atoms. The van der Waals surface area contributed by atoms with Gasteiger partial charge in [0.25, 0.3) is 0 Å². The lowest BCUT2D eigenvalue weighted by atomic mass is 9.94. The van der Waals surface area contributed by atoms with Gasteiger partial charge in [-0.15, -0.1) is 0 Å². The maximum absolute atomic E-state index is 11.2. The van der Waals surface area contributed by atoms with Gasteiger partial charge in [-0.25, -0.2) is 4.79 Å².